The van der Waals surface area contributed by atoms with Crippen molar-refractivity contribution < 1.29 is 198 Å². The first-order chi connectivity index (χ1) is 33.8. The predicted molar refractivity (Wildman–Crippen MR) is 237 cm³/mol. The molecule has 0 rings (SSSR count). The van der Waals surface area contributed by atoms with E-state index in [9.17, 15) is 95.9 Å². The van der Waals surface area contributed by atoms with Crippen molar-refractivity contribution in [1.82, 2.24) is 0 Å². The molecule has 0 amide bonds. The number of carboxylic acid groups (broad SMARTS) is 15. The molecule has 0 fully saturated rings. The Morgan fingerprint density at radius 3 is 0.342 bits per heavy atom. The average molecular weight is 1160 g/mol. The number of aliphatic hydroxyl groups is 5. The van der Waals surface area contributed by atoms with Crippen molar-refractivity contribution in [2.24, 2.45) is 29.6 Å². The summed E-state index contributed by atoms with van der Waals surface area (Å²) in [7, 11) is 0. The van der Waals surface area contributed by atoms with E-state index in [0.717, 1.165) is 0 Å². The maximum atomic E-state index is 10.8. The highest BCUT2D eigenvalue weighted by Gasteiger charge is 2.41. The number of aliphatic carboxylic acids is 15. The van der Waals surface area contributed by atoms with E-state index < -0.39 is 211 Å². The number of aliphatic hydroxyl groups excluding tert-OH is 5. The van der Waals surface area contributed by atoms with Crippen LogP contribution in [-0.4, -0.2) is 251 Å². The molecule has 0 aromatic carbocycles. The molecule has 452 valence electrons. The van der Waals surface area contributed by atoms with Crippen LogP contribution in [0.15, 0.2) is 0 Å². The van der Waals surface area contributed by atoms with E-state index in [-0.39, 0.29) is 29.7 Å². The van der Waals surface area contributed by atoms with Crippen molar-refractivity contribution in [3.05, 3.63) is 0 Å². The Morgan fingerprint density at radius 1 is 0.203 bits per heavy atom. The van der Waals surface area contributed by atoms with Gasteiger partial charge in [0, 0.05) is 0 Å². The Kier molecular flexibility index (Phi) is 47.7. The number of hydrogen-bond acceptors (Lipinski definition) is 25. The van der Waals surface area contributed by atoms with Gasteiger partial charge in [0.2, 0.25) is 28.9 Å². The van der Waals surface area contributed by atoms with Gasteiger partial charge in [-0.15, -0.1) is 0 Å². The summed E-state index contributed by atoms with van der Waals surface area (Å²) in [4.78, 5) is 208. The Balaban J connectivity index is -0.000000109. The molecule has 10 atom stereocenters. The van der Waals surface area contributed by atoms with Crippen LogP contribution < -0.4 is 0 Å². The zero-order chi connectivity index (χ0) is 60.9. The normalized spacial score (nSPS) is 13.2. The molecule has 0 aliphatic carbocycles. The lowest BCUT2D eigenvalue weighted by Crippen LogP contribution is -2.39. The Labute approximate surface area is 438 Å². The van der Waals surface area contributed by atoms with E-state index in [1.165, 1.54) is 0 Å². The van der Waals surface area contributed by atoms with Gasteiger partial charge in [-0.3, -0.25) is 47.9 Å². The quantitative estimate of drug-likeness (QED) is 0.0297. The highest BCUT2D eigenvalue weighted by atomic mass is 16.4. The predicted octanol–water partition coefficient (Wildman–Crippen LogP) is -6.57. The van der Waals surface area contributed by atoms with Crippen molar-refractivity contribution in [3.8, 4) is 0 Å². The van der Waals surface area contributed by atoms with Crippen LogP contribution in [0.1, 0.15) is 61.8 Å². The fourth-order valence-corrected chi connectivity index (χ4v) is 4.33. The smallest absolute Gasteiger partial charge is 0.372 e. The molecule has 0 aromatic heterocycles. The van der Waals surface area contributed by atoms with Crippen LogP contribution in [0.25, 0.3) is 0 Å². The second-order valence-electron chi connectivity index (χ2n) is 13.3. The molecule has 79 heavy (non-hydrogen) atoms. The van der Waals surface area contributed by atoms with Crippen LogP contribution in [0.3, 0.4) is 0 Å². The lowest BCUT2D eigenvalue weighted by atomic mass is 9.94. The number of hydrogen-bond donors (Lipinski definition) is 20. The number of Topliss-reactive ketones (excluding diaryl/α,β-unsaturated/α-hetero) is 5. The summed E-state index contributed by atoms with van der Waals surface area (Å²) < 4.78 is 0. The second kappa shape index (κ2) is 42.4. The Bertz CT molecular complexity index is 1890. The summed E-state index contributed by atoms with van der Waals surface area (Å²) in [5, 5.41) is 169. The molecule has 0 saturated heterocycles. The fraction of sp³-hybridized carbons (Fsp3) is 0.487. The molecule has 20 N–H and O–H groups in total. The number of ketones is 5. The van der Waals surface area contributed by atoms with Crippen molar-refractivity contribution >= 4 is 118 Å². The van der Waals surface area contributed by atoms with Gasteiger partial charge in [-0.1, -0.05) is 29.7 Å². The highest BCUT2D eigenvalue weighted by Crippen LogP contribution is 2.15. The van der Waals surface area contributed by atoms with Crippen molar-refractivity contribution in [3.63, 3.8) is 0 Å². The minimum Gasteiger partial charge on any atom is -0.481 e. The van der Waals surface area contributed by atoms with Crippen molar-refractivity contribution in [2.45, 2.75) is 92.3 Å². The number of rotatable bonds is 30. The van der Waals surface area contributed by atoms with E-state index in [1.54, 1.807) is 0 Å². The van der Waals surface area contributed by atoms with Gasteiger partial charge < -0.3 is 102 Å². The first-order valence-corrected chi connectivity index (χ1v) is 18.3. The van der Waals surface area contributed by atoms with Gasteiger partial charge in [0.25, 0.3) is 0 Å². The van der Waals surface area contributed by atoms with Gasteiger partial charge in [0.1, 0.15) is 0 Å². The van der Waals surface area contributed by atoms with E-state index in [2.05, 4.69) is 0 Å². The van der Waals surface area contributed by atoms with E-state index >= 15 is 0 Å². The first kappa shape index (κ1) is 88.8. The molecule has 0 bridgehead atoms. The van der Waals surface area contributed by atoms with E-state index in [1.807, 2.05) is 0 Å². The van der Waals surface area contributed by atoms with Gasteiger partial charge in [-0.2, -0.15) is 0 Å². The maximum Gasteiger partial charge on any atom is 0.372 e. The van der Waals surface area contributed by atoms with Gasteiger partial charge in [-0.25, -0.2) is 47.9 Å². The van der Waals surface area contributed by atoms with Gasteiger partial charge >= 0.3 is 89.5 Å². The van der Waals surface area contributed by atoms with Gasteiger partial charge in [-0.05, 0) is 0 Å². The third-order valence-corrected chi connectivity index (χ3v) is 7.88. The molecule has 0 heterocycles. The lowest BCUT2D eigenvalue weighted by molar-refractivity contribution is -0.161. The summed E-state index contributed by atoms with van der Waals surface area (Å²) in [6.45, 7) is 0. The third-order valence-electron chi connectivity index (χ3n) is 7.88. The van der Waals surface area contributed by atoms with Crippen LogP contribution in [0, 0.1) is 29.6 Å². The second-order valence-corrected chi connectivity index (χ2v) is 13.3. The summed E-state index contributed by atoms with van der Waals surface area (Å²) in [6.07, 6.45) is -17.0. The first-order valence-electron chi connectivity index (χ1n) is 18.3. The lowest BCUT2D eigenvalue weighted by Gasteiger charge is -2.14. The molecular formula is C39H56O40. The Hall–Kier alpha value is -9.80. The minimum atomic E-state index is -2.34. The molecule has 40 heteroatoms. The number of carbonyl (C=O) groups is 20. The molecule has 0 saturated carbocycles. The largest absolute Gasteiger partial charge is 0.481 e. The highest BCUT2D eigenvalue weighted by molar-refractivity contribution is 6.36. The maximum absolute atomic E-state index is 10.8. The molecule has 0 spiro atoms. The minimum absolute atomic E-state index is 0. The molecule has 2 unspecified atom stereocenters. The van der Waals surface area contributed by atoms with E-state index in [4.69, 9.17) is 102 Å². The van der Waals surface area contributed by atoms with Crippen LogP contribution in [0.4, 0.5) is 0 Å². The molecular weight excluding hydrogens is 1110 g/mol. The monoisotopic (exact) mass is 1160 g/mol. The number of carboxylic acids is 15. The SMILES string of the molecule is C.C.C.C.O=C(O)CC(C(=O)C(=O)O)C(O)C(=O)O.O=C(O)C[C@@H](C(=O)C(=O)O)[C@@H](O)C(=O)O.O=C(O)C[C@@H](C(=O)C(=O)O)[C@H](O)C(=O)O.O=C(O)C[C@H](C(=O)C(=O)O)[C@@H](O)C(=O)O.O=C(O)C[C@H](C(=O)C(=O)O)[C@H](O)C(=O)O. The van der Waals surface area contributed by atoms with E-state index in [0.29, 0.717) is 0 Å². The Morgan fingerprint density at radius 2 is 0.291 bits per heavy atom. The van der Waals surface area contributed by atoms with Crippen LogP contribution in [0.5, 0.6) is 0 Å². The van der Waals surface area contributed by atoms with Crippen LogP contribution in [0.2, 0.25) is 0 Å². The molecule has 0 aliphatic heterocycles. The topological polar surface area (TPSA) is 746 Å². The molecule has 0 aromatic rings. The van der Waals surface area contributed by atoms with Crippen molar-refractivity contribution in [2.75, 3.05) is 0 Å². The summed E-state index contributed by atoms with van der Waals surface area (Å²) in [5.74, 6) is -45.2. The third kappa shape index (κ3) is 36.7. The summed E-state index contributed by atoms with van der Waals surface area (Å²) in [5.41, 5.74) is 0. The zero-order valence-electron chi connectivity index (χ0n) is 36.4. The zero-order valence-corrected chi connectivity index (χ0v) is 36.4. The molecule has 0 aliphatic rings. The van der Waals surface area contributed by atoms with Crippen LogP contribution in [-0.2, 0) is 95.9 Å². The molecule has 40 nitrogen and oxygen atoms in total. The summed E-state index contributed by atoms with van der Waals surface area (Å²) >= 11 is 0. The average Bonchev–Trinajstić information content (AvgIpc) is 3.27. The standard InChI is InChI=1S/5C7H8O8.4CH4/c5*8-3(9)1-2(4(10)6(12)13)5(11)7(14)15;;;;/h5*2,4,10H,1H2,(H,8,9)(H,12,13)(H,14,15);4*1H4/t2*2-,4+;2*2-,4-;;;;;/m1010...../s1. The van der Waals surface area contributed by atoms with Gasteiger partial charge in [0.15, 0.2) is 30.5 Å². The summed E-state index contributed by atoms with van der Waals surface area (Å²) in [6, 6.07) is 0. The molecule has 0 radical (unpaired) electrons. The van der Waals surface area contributed by atoms with Crippen LogP contribution >= 0.6 is 0 Å². The van der Waals surface area contributed by atoms with Crippen molar-refractivity contribution in [1.29, 1.82) is 0 Å². The number of carbonyl (C=O) groups excluding carboxylic acids is 5. The fourth-order valence-electron chi connectivity index (χ4n) is 4.33. The van der Waals surface area contributed by atoms with Gasteiger partial charge in [0.05, 0.1) is 61.7 Å².